The van der Waals surface area contributed by atoms with Gasteiger partial charge in [-0.1, -0.05) is 29.8 Å². The molecule has 1 unspecified atom stereocenters. The normalized spacial score (nSPS) is 12.7. The van der Waals surface area contributed by atoms with Crippen LogP contribution in [0.5, 0.6) is 0 Å². The van der Waals surface area contributed by atoms with Gasteiger partial charge in [-0.2, -0.15) is 0 Å². The van der Waals surface area contributed by atoms with Gasteiger partial charge in [0.15, 0.2) is 5.78 Å². The molecule has 0 radical (unpaired) electrons. The summed E-state index contributed by atoms with van der Waals surface area (Å²) < 4.78 is 0.975. The summed E-state index contributed by atoms with van der Waals surface area (Å²) in [5.41, 5.74) is 1.04. The smallest absolute Gasteiger partial charge is 0.186 e. The fourth-order valence-electron chi connectivity index (χ4n) is 1.96. The van der Waals surface area contributed by atoms with E-state index in [0.717, 1.165) is 19.2 Å². The third kappa shape index (κ3) is 3.70. The first kappa shape index (κ1) is 15.7. The van der Waals surface area contributed by atoms with Crippen LogP contribution < -0.4 is 0 Å². The first-order valence-corrected chi connectivity index (χ1v) is 8.21. The molecule has 106 valence electrons. The highest BCUT2D eigenvalue weighted by Crippen LogP contribution is 2.27. The molecule has 1 aromatic heterocycles. The fraction of sp³-hybridized carbons (Fsp3) is 0.267. The largest absolute Gasteiger partial charge is 0.292 e. The maximum Gasteiger partial charge on any atom is 0.186 e. The van der Waals surface area contributed by atoms with E-state index in [1.165, 1.54) is 11.3 Å². The maximum atomic E-state index is 12.2. The molecule has 0 aliphatic rings. The van der Waals surface area contributed by atoms with Crippen LogP contribution >= 0.6 is 38.9 Å². The maximum absolute atomic E-state index is 12.2. The summed E-state index contributed by atoms with van der Waals surface area (Å²) in [4.78, 5) is 15.0. The number of carbonyl (C=O) groups is 1. The molecule has 0 aliphatic carbocycles. The zero-order valence-electron chi connectivity index (χ0n) is 11.3. The molecular formula is C15H15BrClNOS. The molecule has 0 fully saturated rings. The Kier molecular flexibility index (Phi) is 5.38. The van der Waals surface area contributed by atoms with Crippen molar-refractivity contribution in [2.24, 2.45) is 0 Å². The quantitative estimate of drug-likeness (QED) is 0.685. The number of ketones is 1. The van der Waals surface area contributed by atoms with Crippen LogP contribution in [0, 0.1) is 0 Å². The van der Waals surface area contributed by atoms with Gasteiger partial charge >= 0.3 is 0 Å². The van der Waals surface area contributed by atoms with Crippen LogP contribution in [-0.2, 0) is 0 Å². The molecule has 0 amide bonds. The van der Waals surface area contributed by atoms with E-state index in [1.54, 1.807) is 0 Å². The molecular weight excluding hydrogens is 358 g/mol. The van der Waals surface area contributed by atoms with Crippen molar-refractivity contribution in [3.63, 3.8) is 0 Å². The standard InChI is InChI=1S/C15H15BrClNOS/c1-10(11-5-3-4-6-12(11)17)18(2)9-13(19)14-7-8-15(16)20-14/h3-8,10H,9H2,1-2H3. The van der Waals surface area contributed by atoms with Crippen LogP contribution in [0.4, 0.5) is 0 Å². The Bertz CT molecular complexity index is 613. The lowest BCUT2D eigenvalue weighted by Crippen LogP contribution is -2.28. The predicted molar refractivity (Wildman–Crippen MR) is 88.8 cm³/mol. The van der Waals surface area contributed by atoms with E-state index >= 15 is 0 Å². The van der Waals surface area contributed by atoms with Crippen molar-refractivity contribution in [1.29, 1.82) is 0 Å². The highest BCUT2D eigenvalue weighted by Gasteiger charge is 2.18. The van der Waals surface area contributed by atoms with Crippen molar-refractivity contribution >= 4 is 44.7 Å². The van der Waals surface area contributed by atoms with Crippen molar-refractivity contribution in [3.8, 4) is 0 Å². The third-order valence-corrected chi connectivity index (χ3v) is 5.27. The number of likely N-dealkylation sites (N-methyl/N-ethyl adjacent to an activating group) is 1. The second-order valence-electron chi connectivity index (χ2n) is 4.64. The highest BCUT2D eigenvalue weighted by atomic mass is 79.9. The summed E-state index contributed by atoms with van der Waals surface area (Å²) in [6, 6.07) is 11.6. The Labute approximate surface area is 136 Å². The average Bonchev–Trinajstić information content (AvgIpc) is 2.85. The minimum Gasteiger partial charge on any atom is -0.292 e. The summed E-state index contributed by atoms with van der Waals surface area (Å²) in [6.45, 7) is 2.43. The summed E-state index contributed by atoms with van der Waals surface area (Å²) >= 11 is 11.0. The number of Topliss-reactive ketones (excluding diaryl/α,β-unsaturated/α-hetero) is 1. The van der Waals surface area contributed by atoms with E-state index in [4.69, 9.17) is 11.6 Å². The number of thiophene rings is 1. The molecule has 0 aliphatic heterocycles. The van der Waals surface area contributed by atoms with E-state index in [2.05, 4.69) is 22.9 Å². The van der Waals surface area contributed by atoms with Crippen LogP contribution in [-0.4, -0.2) is 24.3 Å². The molecule has 2 rings (SSSR count). The van der Waals surface area contributed by atoms with Crippen molar-refractivity contribution in [2.75, 3.05) is 13.6 Å². The molecule has 0 spiro atoms. The Morgan fingerprint density at radius 3 is 2.65 bits per heavy atom. The zero-order chi connectivity index (χ0) is 14.7. The number of benzene rings is 1. The summed E-state index contributed by atoms with van der Waals surface area (Å²) in [6.07, 6.45) is 0. The topological polar surface area (TPSA) is 20.3 Å². The van der Waals surface area contributed by atoms with Gasteiger partial charge in [0.1, 0.15) is 0 Å². The lowest BCUT2D eigenvalue weighted by Gasteiger charge is -2.24. The number of carbonyl (C=O) groups excluding carboxylic acids is 1. The van der Waals surface area contributed by atoms with Crippen molar-refractivity contribution in [2.45, 2.75) is 13.0 Å². The van der Waals surface area contributed by atoms with Gasteiger partial charge in [0.05, 0.1) is 15.2 Å². The monoisotopic (exact) mass is 371 g/mol. The fourth-order valence-corrected chi connectivity index (χ4v) is 3.57. The lowest BCUT2D eigenvalue weighted by molar-refractivity contribution is 0.0929. The lowest BCUT2D eigenvalue weighted by atomic mass is 10.1. The molecule has 0 bridgehead atoms. The van der Waals surface area contributed by atoms with Crippen LogP contribution in [0.3, 0.4) is 0 Å². The first-order valence-electron chi connectivity index (χ1n) is 6.22. The molecule has 1 atom stereocenters. The number of nitrogens with zero attached hydrogens (tertiary/aromatic N) is 1. The number of hydrogen-bond donors (Lipinski definition) is 0. The Morgan fingerprint density at radius 2 is 2.05 bits per heavy atom. The SMILES string of the molecule is CC(c1ccccc1Cl)N(C)CC(=O)c1ccc(Br)s1. The Morgan fingerprint density at radius 1 is 1.35 bits per heavy atom. The van der Waals surface area contributed by atoms with Crippen molar-refractivity contribution < 1.29 is 4.79 Å². The second-order valence-corrected chi connectivity index (χ2v) is 7.51. The summed E-state index contributed by atoms with van der Waals surface area (Å²) in [7, 11) is 1.94. The molecule has 0 saturated carbocycles. The molecule has 1 aromatic carbocycles. The molecule has 2 aromatic rings. The third-order valence-electron chi connectivity index (χ3n) is 3.26. The summed E-state index contributed by atoms with van der Waals surface area (Å²) in [5, 5.41) is 0.734. The molecule has 0 N–H and O–H groups in total. The van der Waals surface area contributed by atoms with Gasteiger partial charge in [-0.15, -0.1) is 11.3 Å². The molecule has 2 nitrogen and oxygen atoms in total. The minimum atomic E-state index is 0.0936. The number of halogens is 2. The molecule has 0 saturated heterocycles. The van der Waals surface area contributed by atoms with E-state index in [9.17, 15) is 4.79 Å². The van der Waals surface area contributed by atoms with Gasteiger partial charge in [-0.3, -0.25) is 9.69 Å². The highest BCUT2D eigenvalue weighted by molar-refractivity contribution is 9.11. The van der Waals surface area contributed by atoms with Gasteiger partial charge in [0.2, 0.25) is 0 Å². The number of rotatable bonds is 5. The second kappa shape index (κ2) is 6.85. The molecule has 1 heterocycles. The number of hydrogen-bond acceptors (Lipinski definition) is 3. The zero-order valence-corrected chi connectivity index (χ0v) is 14.4. The molecule has 20 heavy (non-hydrogen) atoms. The first-order chi connectivity index (χ1) is 9.49. The van der Waals surface area contributed by atoms with Gasteiger partial charge in [0.25, 0.3) is 0 Å². The van der Waals surface area contributed by atoms with E-state index in [0.29, 0.717) is 6.54 Å². The summed E-state index contributed by atoms with van der Waals surface area (Å²) in [5.74, 6) is 0.127. The van der Waals surface area contributed by atoms with Gasteiger partial charge < -0.3 is 0 Å². The van der Waals surface area contributed by atoms with Gasteiger partial charge in [-0.05, 0) is 53.7 Å². The van der Waals surface area contributed by atoms with E-state index in [-0.39, 0.29) is 11.8 Å². The van der Waals surface area contributed by atoms with Crippen LogP contribution in [0.25, 0.3) is 0 Å². The van der Waals surface area contributed by atoms with Crippen LogP contribution in [0.1, 0.15) is 28.2 Å². The van der Waals surface area contributed by atoms with Crippen LogP contribution in [0.15, 0.2) is 40.2 Å². The van der Waals surface area contributed by atoms with E-state index < -0.39 is 0 Å². The van der Waals surface area contributed by atoms with Crippen LogP contribution in [0.2, 0.25) is 5.02 Å². The minimum absolute atomic E-state index is 0.0936. The van der Waals surface area contributed by atoms with Crippen molar-refractivity contribution in [1.82, 2.24) is 4.90 Å². The Hall–Kier alpha value is -0.680. The average molecular weight is 373 g/mol. The molecule has 5 heteroatoms. The van der Waals surface area contributed by atoms with Gasteiger partial charge in [-0.25, -0.2) is 0 Å². The van der Waals surface area contributed by atoms with Crippen molar-refractivity contribution in [3.05, 3.63) is 55.6 Å². The van der Waals surface area contributed by atoms with Gasteiger partial charge in [0, 0.05) is 11.1 Å². The van der Waals surface area contributed by atoms with E-state index in [1.807, 2.05) is 48.3 Å². The Balaban J connectivity index is 2.06. The predicted octanol–water partition coefficient (Wildman–Crippen LogP) is 5.04.